The fourth-order valence-corrected chi connectivity index (χ4v) is 3.50. The number of aryl methyl sites for hydroxylation is 1. The van der Waals surface area contributed by atoms with Gasteiger partial charge >= 0.3 is 6.18 Å². The zero-order chi connectivity index (χ0) is 22.7. The van der Waals surface area contributed by atoms with Gasteiger partial charge in [-0.05, 0) is 37.3 Å². The first-order valence-electron chi connectivity index (χ1n) is 10.0. The highest BCUT2D eigenvalue weighted by Gasteiger charge is 2.30. The van der Waals surface area contributed by atoms with Crippen molar-refractivity contribution < 1.29 is 22.7 Å². The molecule has 0 spiro atoms. The molecule has 1 aliphatic rings. The van der Waals surface area contributed by atoms with Crippen LogP contribution in [0.5, 0.6) is 0 Å². The maximum absolute atomic E-state index is 13.0. The first-order chi connectivity index (χ1) is 15.3. The minimum atomic E-state index is -4.52. The van der Waals surface area contributed by atoms with E-state index in [-0.39, 0.29) is 5.56 Å². The second kappa shape index (κ2) is 8.96. The number of morpholine rings is 1. The third-order valence-corrected chi connectivity index (χ3v) is 5.21. The van der Waals surface area contributed by atoms with E-state index in [0.717, 1.165) is 47.7 Å². The minimum Gasteiger partial charge on any atom is -0.378 e. The van der Waals surface area contributed by atoms with E-state index in [1.807, 2.05) is 13.0 Å². The van der Waals surface area contributed by atoms with E-state index in [9.17, 15) is 18.0 Å². The highest BCUT2D eigenvalue weighted by Crippen LogP contribution is 2.30. The first-order valence-corrected chi connectivity index (χ1v) is 10.0. The van der Waals surface area contributed by atoms with Gasteiger partial charge < -0.3 is 15.0 Å². The fraction of sp³-hybridized carbons (Fsp3) is 0.261. The number of alkyl halides is 3. The number of anilines is 2. The standard InChI is InChI=1S/C23H21F3N4O2/c1-15-21(17-10-20(14-27-12-17)30-5-7-32-8-6-30)11-19(13-28-15)29-22(31)16-3-2-4-18(9-16)23(24,25)26/h2-4,9-14H,5-8H2,1H3,(H,29,31). The predicted octanol–water partition coefficient (Wildman–Crippen LogP) is 4.56. The Bertz CT molecular complexity index is 1130. The van der Waals surface area contributed by atoms with Crippen LogP contribution in [0.15, 0.2) is 55.0 Å². The number of rotatable bonds is 4. The summed E-state index contributed by atoms with van der Waals surface area (Å²) in [7, 11) is 0. The number of aromatic nitrogens is 2. The number of pyridine rings is 2. The van der Waals surface area contributed by atoms with E-state index in [1.165, 1.54) is 18.3 Å². The van der Waals surface area contributed by atoms with Crippen molar-refractivity contribution in [3.8, 4) is 11.1 Å². The van der Waals surface area contributed by atoms with Crippen molar-refractivity contribution in [3.05, 3.63) is 71.8 Å². The van der Waals surface area contributed by atoms with Gasteiger partial charge in [-0.15, -0.1) is 0 Å². The fourth-order valence-electron chi connectivity index (χ4n) is 3.50. The zero-order valence-corrected chi connectivity index (χ0v) is 17.3. The second-order valence-corrected chi connectivity index (χ2v) is 7.42. The van der Waals surface area contributed by atoms with Gasteiger partial charge in [0.2, 0.25) is 0 Å². The van der Waals surface area contributed by atoms with Gasteiger partial charge in [-0.1, -0.05) is 6.07 Å². The molecule has 9 heteroatoms. The highest BCUT2D eigenvalue weighted by molar-refractivity contribution is 6.04. The summed E-state index contributed by atoms with van der Waals surface area (Å²) in [6.45, 7) is 4.70. The lowest BCUT2D eigenvalue weighted by Crippen LogP contribution is -2.36. The van der Waals surface area contributed by atoms with E-state index in [4.69, 9.17) is 4.74 Å². The number of nitrogens with one attached hydrogen (secondary N) is 1. The molecule has 1 amide bonds. The number of hydrogen-bond acceptors (Lipinski definition) is 5. The number of halogens is 3. The lowest BCUT2D eigenvalue weighted by Gasteiger charge is -2.28. The largest absolute Gasteiger partial charge is 0.416 e. The van der Waals surface area contributed by atoms with Crippen molar-refractivity contribution in [3.63, 3.8) is 0 Å². The monoisotopic (exact) mass is 442 g/mol. The number of amides is 1. The highest BCUT2D eigenvalue weighted by atomic mass is 19.4. The van der Waals surface area contributed by atoms with Gasteiger partial charge in [0.05, 0.1) is 42.5 Å². The summed E-state index contributed by atoms with van der Waals surface area (Å²) >= 11 is 0. The van der Waals surface area contributed by atoms with Gasteiger partial charge in [-0.2, -0.15) is 13.2 Å². The zero-order valence-electron chi connectivity index (χ0n) is 17.3. The predicted molar refractivity (Wildman–Crippen MR) is 115 cm³/mol. The Morgan fingerprint density at radius 1 is 1.09 bits per heavy atom. The Hall–Kier alpha value is -3.46. The Morgan fingerprint density at radius 2 is 1.88 bits per heavy atom. The van der Waals surface area contributed by atoms with E-state index in [1.54, 1.807) is 18.5 Å². The molecule has 1 aromatic carbocycles. The van der Waals surface area contributed by atoms with Crippen LogP contribution < -0.4 is 10.2 Å². The summed E-state index contributed by atoms with van der Waals surface area (Å²) in [5.74, 6) is -0.645. The van der Waals surface area contributed by atoms with Gasteiger partial charge in [0, 0.05) is 41.7 Å². The lowest BCUT2D eigenvalue weighted by atomic mass is 10.0. The summed E-state index contributed by atoms with van der Waals surface area (Å²) in [5.41, 5.74) is 2.72. The van der Waals surface area contributed by atoms with E-state index in [0.29, 0.717) is 18.9 Å². The molecule has 0 saturated carbocycles. The number of ether oxygens (including phenoxy) is 1. The summed E-state index contributed by atoms with van der Waals surface area (Å²) in [6, 6.07) is 8.04. The topological polar surface area (TPSA) is 67.4 Å². The van der Waals surface area contributed by atoms with Crippen LogP contribution in [-0.4, -0.2) is 42.2 Å². The van der Waals surface area contributed by atoms with Crippen molar-refractivity contribution in [1.29, 1.82) is 0 Å². The number of hydrogen-bond donors (Lipinski definition) is 1. The molecule has 2 aromatic heterocycles. The Labute approximate surface area is 183 Å². The third kappa shape index (κ3) is 4.88. The molecule has 1 aliphatic heterocycles. The van der Waals surface area contributed by atoms with Gasteiger partial charge in [-0.3, -0.25) is 14.8 Å². The van der Waals surface area contributed by atoms with Gasteiger partial charge in [0.15, 0.2) is 0 Å². The molecule has 1 saturated heterocycles. The molecule has 1 N–H and O–H groups in total. The number of nitrogens with zero attached hydrogens (tertiary/aromatic N) is 3. The van der Waals surface area contributed by atoms with Crippen LogP contribution in [0.25, 0.3) is 11.1 Å². The molecule has 3 heterocycles. The molecular formula is C23H21F3N4O2. The number of benzene rings is 1. The quantitative estimate of drug-likeness (QED) is 0.642. The van der Waals surface area contributed by atoms with Crippen LogP contribution in [0.3, 0.4) is 0 Å². The van der Waals surface area contributed by atoms with Crippen LogP contribution in [0, 0.1) is 6.92 Å². The molecule has 32 heavy (non-hydrogen) atoms. The molecule has 0 unspecified atom stereocenters. The van der Waals surface area contributed by atoms with Gasteiger partial charge in [0.1, 0.15) is 0 Å². The molecule has 4 rings (SSSR count). The molecule has 0 radical (unpaired) electrons. The molecule has 0 atom stereocenters. The van der Waals surface area contributed by atoms with Crippen LogP contribution >= 0.6 is 0 Å². The maximum atomic E-state index is 13.0. The van der Waals surface area contributed by atoms with Crippen molar-refractivity contribution >= 4 is 17.3 Å². The van der Waals surface area contributed by atoms with Crippen LogP contribution in [-0.2, 0) is 10.9 Å². The molecule has 0 aliphatic carbocycles. The summed E-state index contributed by atoms with van der Waals surface area (Å²) in [4.78, 5) is 23.4. The van der Waals surface area contributed by atoms with Gasteiger partial charge in [0.25, 0.3) is 5.91 Å². The van der Waals surface area contributed by atoms with Gasteiger partial charge in [-0.25, -0.2) is 0 Å². The summed E-state index contributed by atoms with van der Waals surface area (Å²) < 4.78 is 44.3. The van der Waals surface area contributed by atoms with Crippen molar-refractivity contribution in [2.24, 2.45) is 0 Å². The molecule has 1 fully saturated rings. The van der Waals surface area contributed by atoms with E-state index < -0.39 is 17.6 Å². The average molecular weight is 442 g/mol. The number of carbonyl (C=O) groups is 1. The Balaban J connectivity index is 1.58. The van der Waals surface area contributed by atoms with E-state index >= 15 is 0 Å². The summed E-state index contributed by atoms with van der Waals surface area (Å²) in [6.07, 6.45) is 0.459. The first kappa shape index (κ1) is 21.8. The maximum Gasteiger partial charge on any atom is 0.416 e. The average Bonchev–Trinajstić information content (AvgIpc) is 2.80. The van der Waals surface area contributed by atoms with Crippen molar-refractivity contribution in [2.75, 3.05) is 36.5 Å². The van der Waals surface area contributed by atoms with Crippen molar-refractivity contribution in [2.45, 2.75) is 13.1 Å². The minimum absolute atomic E-state index is 0.0852. The normalized spacial score (nSPS) is 14.3. The Kier molecular flexibility index (Phi) is 6.09. The molecule has 3 aromatic rings. The van der Waals surface area contributed by atoms with Crippen molar-refractivity contribution in [1.82, 2.24) is 9.97 Å². The Morgan fingerprint density at radius 3 is 2.62 bits per heavy atom. The smallest absolute Gasteiger partial charge is 0.378 e. The lowest BCUT2D eigenvalue weighted by molar-refractivity contribution is -0.137. The van der Waals surface area contributed by atoms with E-state index in [2.05, 4.69) is 20.2 Å². The molecule has 0 bridgehead atoms. The van der Waals surface area contributed by atoms with Crippen LogP contribution in [0.2, 0.25) is 0 Å². The van der Waals surface area contributed by atoms with Crippen LogP contribution in [0.1, 0.15) is 21.6 Å². The molecule has 166 valence electrons. The van der Waals surface area contributed by atoms with Crippen LogP contribution in [0.4, 0.5) is 24.5 Å². The molecular weight excluding hydrogens is 421 g/mol. The SMILES string of the molecule is Cc1ncc(NC(=O)c2cccc(C(F)(F)F)c2)cc1-c1cncc(N2CCOCC2)c1. The molecule has 6 nitrogen and oxygen atoms in total. The summed E-state index contributed by atoms with van der Waals surface area (Å²) in [5, 5.41) is 2.64. The number of carbonyl (C=O) groups excluding carboxylic acids is 1. The second-order valence-electron chi connectivity index (χ2n) is 7.42. The third-order valence-electron chi connectivity index (χ3n) is 5.21.